The second-order valence-electron chi connectivity index (χ2n) is 5.47. The smallest absolute Gasteiger partial charge is 0.335 e. The van der Waals surface area contributed by atoms with Gasteiger partial charge in [-0.3, -0.25) is 5.43 Å². The number of hydrazone groups is 1. The van der Waals surface area contributed by atoms with Crippen LogP contribution in [0, 0.1) is 0 Å². The summed E-state index contributed by atoms with van der Waals surface area (Å²) in [5.74, 6) is -0.121. The molecule has 0 amide bonds. The van der Waals surface area contributed by atoms with E-state index in [0.717, 1.165) is 23.5 Å². The van der Waals surface area contributed by atoms with Crippen LogP contribution in [0.15, 0.2) is 53.6 Å². The van der Waals surface area contributed by atoms with Gasteiger partial charge in [0.2, 0.25) is 0 Å². The molecule has 2 N–H and O–H groups in total. The lowest BCUT2D eigenvalue weighted by Gasteiger charge is -2.10. The molecule has 0 fully saturated rings. The summed E-state index contributed by atoms with van der Waals surface area (Å²) in [4.78, 5) is 12.8. The van der Waals surface area contributed by atoms with Crippen molar-refractivity contribution >= 4 is 17.9 Å². The lowest BCUT2D eigenvalue weighted by molar-refractivity contribution is 0.0697. The van der Waals surface area contributed by atoms with E-state index in [-0.39, 0.29) is 5.56 Å². The van der Waals surface area contributed by atoms with Gasteiger partial charge < -0.3 is 14.7 Å². The molecule has 0 aliphatic rings. The lowest BCUT2D eigenvalue weighted by atomic mass is 10.2. The average Bonchev–Trinajstić information content (AvgIpc) is 2.56. The third kappa shape index (κ3) is 5.73. The van der Waals surface area contributed by atoms with Gasteiger partial charge in [0.25, 0.3) is 0 Å². The van der Waals surface area contributed by atoms with Crippen LogP contribution in [0.3, 0.4) is 0 Å². The Balaban J connectivity index is 1.84. The fraction of sp³-hybridized carbons (Fsp3) is 0.222. The SMILES string of the molecule is CN(C)CCOc1ccc(/C=N/Nc2ccc(C(=O)O)cc2)cc1. The van der Waals surface area contributed by atoms with E-state index in [0.29, 0.717) is 6.61 Å². The van der Waals surface area contributed by atoms with Crippen LogP contribution in [0.4, 0.5) is 5.69 Å². The standard InChI is InChI=1S/C18H21N3O3/c1-21(2)11-12-24-17-9-3-14(4-10-17)13-19-20-16-7-5-15(6-8-16)18(22)23/h3-10,13,20H,11-12H2,1-2H3,(H,22,23)/b19-13+. The average molecular weight is 327 g/mol. The molecule has 126 valence electrons. The van der Waals surface area contributed by atoms with Crippen molar-refractivity contribution in [1.82, 2.24) is 4.90 Å². The van der Waals surface area contributed by atoms with E-state index < -0.39 is 5.97 Å². The zero-order valence-corrected chi connectivity index (χ0v) is 13.8. The van der Waals surface area contributed by atoms with E-state index in [2.05, 4.69) is 15.4 Å². The van der Waals surface area contributed by atoms with Crippen molar-refractivity contribution in [2.45, 2.75) is 0 Å². The first kappa shape index (κ1) is 17.5. The molecule has 6 heteroatoms. The number of carboxylic acid groups (broad SMARTS) is 1. The highest BCUT2D eigenvalue weighted by molar-refractivity contribution is 5.88. The van der Waals surface area contributed by atoms with Crippen LogP contribution in [0.1, 0.15) is 15.9 Å². The first-order valence-corrected chi connectivity index (χ1v) is 7.54. The van der Waals surface area contributed by atoms with E-state index in [4.69, 9.17) is 9.84 Å². The quantitative estimate of drug-likeness (QED) is 0.576. The van der Waals surface area contributed by atoms with Crippen molar-refractivity contribution in [2.75, 3.05) is 32.7 Å². The molecule has 2 aromatic rings. The summed E-state index contributed by atoms with van der Waals surface area (Å²) in [5.41, 5.74) is 4.76. The third-order valence-corrected chi connectivity index (χ3v) is 3.23. The molecular formula is C18H21N3O3. The summed E-state index contributed by atoms with van der Waals surface area (Å²) >= 11 is 0. The summed E-state index contributed by atoms with van der Waals surface area (Å²) in [7, 11) is 4.01. The molecule has 0 radical (unpaired) electrons. The maximum Gasteiger partial charge on any atom is 0.335 e. The predicted octanol–water partition coefficient (Wildman–Crippen LogP) is 2.77. The zero-order chi connectivity index (χ0) is 17.4. The van der Waals surface area contributed by atoms with Crippen LogP contribution in [0.2, 0.25) is 0 Å². The summed E-state index contributed by atoms with van der Waals surface area (Å²) in [5, 5.41) is 13.0. The van der Waals surface area contributed by atoms with Gasteiger partial charge in [0, 0.05) is 6.54 Å². The molecule has 0 bridgehead atoms. The van der Waals surface area contributed by atoms with Gasteiger partial charge in [-0.15, -0.1) is 0 Å². The highest BCUT2D eigenvalue weighted by atomic mass is 16.5. The minimum Gasteiger partial charge on any atom is -0.492 e. The number of hydrogen-bond acceptors (Lipinski definition) is 5. The Hall–Kier alpha value is -2.86. The van der Waals surface area contributed by atoms with Gasteiger partial charge in [-0.1, -0.05) is 0 Å². The molecule has 0 aliphatic carbocycles. The van der Waals surface area contributed by atoms with Gasteiger partial charge in [-0.25, -0.2) is 4.79 Å². The minimum absolute atomic E-state index is 0.245. The molecule has 2 rings (SSSR count). The summed E-state index contributed by atoms with van der Waals surface area (Å²) < 4.78 is 5.63. The molecule has 0 saturated heterocycles. The van der Waals surface area contributed by atoms with Crippen molar-refractivity contribution in [1.29, 1.82) is 0 Å². The highest BCUT2D eigenvalue weighted by Gasteiger charge is 2.00. The lowest BCUT2D eigenvalue weighted by Crippen LogP contribution is -2.19. The molecule has 0 atom stereocenters. The Labute approximate surface area is 141 Å². The van der Waals surface area contributed by atoms with Crippen LogP contribution >= 0.6 is 0 Å². The first-order chi connectivity index (χ1) is 11.5. The topological polar surface area (TPSA) is 74.2 Å². The van der Waals surface area contributed by atoms with Gasteiger partial charge in [0.05, 0.1) is 17.5 Å². The molecule has 0 spiro atoms. The van der Waals surface area contributed by atoms with Gasteiger partial charge in [-0.05, 0) is 68.2 Å². The van der Waals surface area contributed by atoms with Crippen LogP contribution in [0.25, 0.3) is 0 Å². The van der Waals surface area contributed by atoms with Crippen molar-refractivity contribution < 1.29 is 14.6 Å². The number of rotatable bonds is 8. The van der Waals surface area contributed by atoms with Crippen LogP contribution in [0.5, 0.6) is 5.75 Å². The van der Waals surface area contributed by atoms with Crippen LogP contribution < -0.4 is 10.2 Å². The predicted molar refractivity (Wildman–Crippen MR) is 95.1 cm³/mol. The molecule has 0 heterocycles. The van der Waals surface area contributed by atoms with Crippen molar-refractivity contribution in [2.24, 2.45) is 5.10 Å². The monoisotopic (exact) mass is 327 g/mol. The zero-order valence-electron chi connectivity index (χ0n) is 13.8. The number of anilines is 1. The molecule has 0 saturated carbocycles. The Bertz CT molecular complexity index is 680. The van der Waals surface area contributed by atoms with Gasteiger partial charge in [-0.2, -0.15) is 5.10 Å². The Morgan fingerprint density at radius 1 is 1.17 bits per heavy atom. The number of nitrogens with zero attached hydrogens (tertiary/aromatic N) is 2. The Morgan fingerprint density at radius 2 is 1.83 bits per heavy atom. The molecule has 6 nitrogen and oxygen atoms in total. The number of carboxylic acids is 1. The second kappa shape index (κ2) is 8.69. The Kier molecular flexibility index (Phi) is 6.33. The number of nitrogens with one attached hydrogen (secondary N) is 1. The first-order valence-electron chi connectivity index (χ1n) is 7.54. The molecule has 24 heavy (non-hydrogen) atoms. The normalized spacial score (nSPS) is 11.0. The fourth-order valence-electron chi connectivity index (χ4n) is 1.86. The van der Waals surface area contributed by atoms with Gasteiger partial charge in [0.15, 0.2) is 0 Å². The molecular weight excluding hydrogens is 306 g/mol. The van der Waals surface area contributed by atoms with E-state index in [1.54, 1.807) is 18.3 Å². The van der Waals surface area contributed by atoms with Crippen molar-refractivity contribution in [3.8, 4) is 5.75 Å². The van der Waals surface area contributed by atoms with E-state index >= 15 is 0 Å². The Morgan fingerprint density at radius 3 is 2.42 bits per heavy atom. The van der Waals surface area contributed by atoms with Crippen molar-refractivity contribution in [3.05, 3.63) is 59.7 Å². The summed E-state index contributed by atoms with van der Waals surface area (Å²) in [6.45, 7) is 1.52. The number of ether oxygens (including phenoxy) is 1. The largest absolute Gasteiger partial charge is 0.492 e. The van der Waals surface area contributed by atoms with E-state index in [1.807, 2.05) is 38.4 Å². The van der Waals surface area contributed by atoms with Crippen LogP contribution in [-0.4, -0.2) is 49.4 Å². The number of aromatic carboxylic acids is 1. The molecule has 0 unspecified atom stereocenters. The highest BCUT2D eigenvalue weighted by Crippen LogP contribution is 2.12. The van der Waals surface area contributed by atoms with Crippen molar-refractivity contribution in [3.63, 3.8) is 0 Å². The fourth-order valence-corrected chi connectivity index (χ4v) is 1.86. The number of carbonyl (C=O) groups is 1. The molecule has 0 aliphatic heterocycles. The van der Waals surface area contributed by atoms with E-state index in [9.17, 15) is 4.79 Å². The number of benzene rings is 2. The van der Waals surface area contributed by atoms with Gasteiger partial charge >= 0.3 is 5.97 Å². The number of hydrogen-bond donors (Lipinski definition) is 2. The van der Waals surface area contributed by atoms with E-state index in [1.165, 1.54) is 12.1 Å². The van der Waals surface area contributed by atoms with Gasteiger partial charge in [0.1, 0.15) is 12.4 Å². The maximum absolute atomic E-state index is 10.8. The minimum atomic E-state index is -0.946. The summed E-state index contributed by atoms with van der Waals surface area (Å²) in [6.07, 6.45) is 1.69. The second-order valence-corrected chi connectivity index (χ2v) is 5.47. The van der Waals surface area contributed by atoms with Crippen LogP contribution in [-0.2, 0) is 0 Å². The molecule has 2 aromatic carbocycles. The maximum atomic E-state index is 10.8. The molecule has 0 aromatic heterocycles. The number of likely N-dealkylation sites (N-methyl/N-ethyl adjacent to an activating group) is 1. The summed E-state index contributed by atoms with van der Waals surface area (Å²) in [6, 6.07) is 14.0. The third-order valence-electron chi connectivity index (χ3n) is 3.23.